The minimum atomic E-state index is -4.69. The predicted molar refractivity (Wildman–Crippen MR) is 105 cm³/mol. The van der Waals surface area contributed by atoms with E-state index in [0.717, 1.165) is 30.6 Å². The van der Waals surface area contributed by atoms with Gasteiger partial charge in [0, 0.05) is 24.6 Å². The van der Waals surface area contributed by atoms with Gasteiger partial charge in [-0.25, -0.2) is 0 Å². The van der Waals surface area contributed by atoms with Crippen molar-refractivity contribution in [2.45, 2.75) is 31.8 Å². The molecule has 0 saturated heterocycles. The van der Waals surface area contributed by atoms with Crippen molar-refractivity contribution < 1.29 is 31.4 Å². The molecule has 176 valence electrons. The SMILES string of the molecule is CC(C)(O)CNc1nc(Nc2ccnc(C(F)(F)F)c2)nc(-c2cc(C(F)(F)F)ccn2)n1. The van der Waals surface area contributed by atoms with E-state index in [0.29, 0.717) is 0 Å². The fourth-order valence-electron chi connectivity index (χ4n) is 2.44. The van der Waals surface area contributed by atoms with Crippen LogP contribution in [0.4, 0.5) is 43.9 Å². The van der Waals surface area contributed by atoms with Crippen molar-refractivity contribution in [3.63, 3.8) is 0 Å². The maximum Gasteiger partial charge on any atom is 0.433 e. The van der Waals surface area contributed by atoms with Gasteiger partial charge in [-0.2, -0.15) is 41.3 Å². The summed E-state index contributed by atoms with van der Waals surface area (Å²) in [6.45, 7) is 2.94. The van der Waals surface area contributed by atoms with Crippen LogP contribution in [0, 0.1) is 0 Å². The van der Waals surface area contributed by atoms with Crippen molar-refractivity contribution in [3.8, 4) is 11.5 Å². The first kappa shape index (κ1) is 24.1. The van der Waals surface area contributed by atoms with Crippen LogP contribution in [-0.2, 0) is 12.4 Å². The minimum Gasteiger partial charge on any atom is -0.389 e. The number of pyridine rings is 2. The number of alkyl halides is 6. The Morgan fingerprint density at radius 1 is 0.848 bits per heavy atom. The molecule has 3 heterocycles. The van der Waals surface area contributed by atoms with E-state index in [1.165, 1.54) is 19.9 Å². The number of aromatic nitrogens is 5. The molecule has 8 nitrogen and oxygen atoms in total. The third-order valence-electron chi connectivity index (χ3n) is 3.94. The van der Waals surface area contributed by atoms with Crippen molar-refractivity contribution in [1.82, 2.24) is 24.9 Å². The Morgan fingerprint density at radius 2 is 1.52 bits per heavy atom. The van der Waals surface area contributed by atoms with E-state index in [9.17, 15) is 31.4 Å². The van der Waals surface area contributed by atoms with E-state index in [1.54, 1.807) is 0 Å². The summed E-state index contributed by atoms with van der Waals surface area (Å²) in [5, 5.41) is 15.2. The molecular formula is C19H17F6N7O. The Labute approximate surface area is 183 Å². The highest BCUT2D eigenvalue weighted by Gasteiger charge is 2.33. The molecule has 33 heavy (non-hydrogen) atoms. The predicted octanol–water partition coefficient (Wildman–Crippen LogP) is 4.29. The zero-order chi connectivity index (χ0) is 24.4. The van der Waals surface area contributed by atoms with Crippen LogP contribution in [0.5, 0.6) is 0 Å². The number of rotatable bonds is 6. The molecule has 0 unspecified atom stereocenters. The van der Waals surface area contributed by atoms with E-state index >= 15 is 0 Å². The summed E-state index contributed by atoms with van der Waals surface area (Å²) in [6, 6.07) is 3.45. The summed E-state index contributed by atoms with van der Waals surface area (Å²) in [5.41, 5.74) is -3.66. The van der Waals surface area contributed by atoms with E-state index in [2.05, 4.69) is 35.6 Å². The number of nitrogens with one attached hydrogen (secondary N) is 2. The van der Waals surface area contributed by atoms with Crippen LogP contribution in [0.1, 0.15) is 25.1 Å². The molecule has 3 aromatic heterocycles. The van der Waals surface area contributed by atoms with Crippen molar-refractivity contribution in [2.24, 2.45) is 0 Å². The second-order valence-electron chi connectivity index (χ2n) is 7.45. The van der Waals surface area contributed by atoms with Gasteiger partial charge in [-0.15, -0.1) is 0 Å². The molecule has 0 radical (unpaired) electrons. The molecule has 0 aliphatic carbocycles. The first-order chi connectivity index (χ1) is 15.2. The standard InChI is InChI=1S/C19H17F6N7O/c1-17(2,33)9-28-15-30-14(12-7-10(3-5-26-12)18(20,21)22)31-16(32-15)29-11-4-6-27-13(8-11)19(23,24)25/h3-8,33H,9H2,1-2H3,(H2,27,28,29,30,31,32). The average Bonchev–Trinajstić information content (AvgIpc) is 2.71. The molecule has 0 saturated carbocycles. The smallest absolute Gasteiger partial charge is 0.389 e. The third kappa shape index (κ3) is 6.71. The molecule has 0 aromatic carbocycles. The van der Waals surface area contributed by atoms with Crippen LogP contribution in [-0.4, -0.2) is 42.2 Å². The Kier molecular flexibility index (Phi) is 6.40. The van der Waals surface area contributed by atoms with Crippen LogP contribution in [0.2, 0.25) is 0 Å². The van der Waals surface area contributed by atoms with Gasteiger partial charge in [0.25, 0.3) is 0 Å². The van der Waals surface area contributed by atoms with Gasteiger partial charge in [-0.05, 0) is 38.1 Å². The van der Waals surface area contributed by atoms with Gasteiger partial charge in [-0.3, -0.25) is 9.97 Å². The molecule has 0 amide bonds. The summed E-state index contributed by atoms with van der Waals surface area (Å²) in [4.78, 5) is 19.1. The highest BCUT2D eigenvalue weighted by Crippen LogP contribution is 2.32. The van der Waals surface area contributed by atoms with Crippen molar-refractivity contribution in [3.05, 3.63) is 47.9 Å². The molecule has 3 N–H and O–H groups in total. The van der Waals surface area contributed by atoms with Gasteiger partial charge in [0.05, 0.1) is 11.2 Å². The van der Waals surface area contributed by atoms with Gasteiger partial charge in [-0.1, -0.05) is 0 Å². The number of hydrogen-bond donors (Lipinski definition) is 3. The summed E-state index contributed by atoms with van der Waals surface area (Å²) in [6.07, 6.45) is -7.48. The quantitative estimate of drug-likeness (QED) is 0.455. The largest absolute Gasteiger partial charge is 0.433 e. The molecule has 3 aromatic rings. The Bertz CT molecular complexity index is 1130. The van der Waals surface area contributed by atoms with Crippen LogP contribution in [0.3, 0.4) is 0 Å². The molecule has 0 spiro atoms. The fraction of sp³-hybridized carbons (Fsp3) is 0.316. The topological polar surface area (TPSA) is 109 Å². The number of hydrogen-bond acceptors (Lipinski definition) is 8. The second-order valence-corrected chi connectivity index (χ2v) is 7.45. The Hall–Kier alpha value is -3.55. The average molecular weight is 473 g/mol. The molecule has 0 atom stereocenters. The molecule has 0 bridgehead atoms. The summed E-state index contributed by atoms with van der Waals surface area (Å²) in [7, 11) is 0. The molecule has 14 heteroatoms. The fourth-order valence-corrected chi connectivity index (χ4v) is 2.44. The molecular weight excluding hydrogens is 456 g/mol. The molecule has 0 aliphatic rings. The molecule has 0 aliphatic heterocycles. The van der Waals surface area contributed by atoms with Crippen molar-refractivity contribution in [1.29, 1.82) is 0 Å². The van der Waals surface area contributed by atoms with Gasteiger partial charge < -0.3 is 15.7 Å². The summed E-state index contributed by atoms with van der Waals surface area (Å²) >= 11 is 0. The summed E-state index contributed by atoms with van der Waals surface area (Å²) in [5.74, 6) is -0.687. The van der Waals surface area contributed by atoms with Gasteiger partial charge in [0.1, 0.15) is 11.4 Å². The van der Waals surface area contributed by atoms with E-state index < -0.39 is 29.2 Å². The van der Waals surface area contributed by atoms with E-state index in [1.807, 2.05) is 0 Å². The Morgan fingerprint density at radius 3 is 2.15 bits per heavy atom. The molecule has 0 fully saturated rings. The Balaban J connectivity index is 2.02. The van der Waals surface area contributed by atoms with Crippen molar-refractivity contribution in [2.75, 3.05) is 17.2 Å². The zero-order valence-corrected chi connectivity index (χ0v) is 17.1. The van der Waals surface area contributed by atoms with Crippen LogP contribution in [0.15, 0.2) is 36.7 Å². The first-order valence-electron chi connectivity index (χ1n) is 9.27. The maximum absolute atomic E-state index is 13.1. The number of halogens is 6. The normalized spacial score (nSPS) is 12.5. The lowest BCUT2D eigenvalue weighted by Crippen LogP contribution is -2.30. The van der Waals surface area contributed by atoms with Gasteiger partial charge in [0.15, 0.2) is 5.82 Å². The lowest BCUT2D eigenvalue weighted by molar-refractivity contribution is -0.141. The van der Waals surface area contributed by atoms with Gasteiger partial charge >= 0.3 is 12.4 Å². The van der Waals surface area contributed by atoms with Crippen LogP contribution < -0.4 is 10.6 Å². The zero-order valence-electron chi connectivity index (χ0n) is 17.1. The number of nitrogens with zero attached hydrogens (tertiary/aromatic N) is 5. The lowest BCUT2D eigenvalue weighted by Gasteiger charge is -2.18. The minimum absolute atomic E-state index is 0.0423. The number of anilines is 3. The van der Waals surface area contributed by atoms with Crippen LogP contribution >= 0.6 is 0 Å². The maximum atomic E-state index is 13.1. The van der Waals surface area contributed by atoms with Crippen LogP contribution in [0.25, 0.3) is 11.5 Å². The monoisotopic (exact) mass is 473 g/mol. The molecule has 3 rings (SSSR count). The highest BCUT2D eigenvalue weighted by molar-refractivity contribution is 5.59. The lowest BCUT2D eigenvalue weighted by atomic mass is 10.1. The van der Waals surface area contributed by atoms with E-state index in [-0.39, 0.29) is 35.6 Å². The van der Waals surface area contributed by atoms with E-state index in [4.69, 9.17) is 0 Å². The first-order valence-corrected chi connectivity index (χ1v) is 9.27. The summed E-state index contributed by atoms with van der Waals surface area (Å²) < 4.78 is 78.1. The highest BCUT2D eigenvalue weighted by atomic mass is 19.4. The third-order valence-corrected chi connectivity index (χ3v) is 3.94. The number of aliphatic hydroxyl groups is 1. The van der Waals surface area contributed by atoms with Crippen molar-refractivity contribution >= 4 is 17.6 Å². The second kappa shape index (κ2) is 8.77. The van der Waals surface area contributed by atoms with Gasteiger partial charge in [0.2, 0.25) is 11.9 Å².